The summed E-state index contributed by atoms with van der Waals surface area (Å²) in [5.41, 5.74) is 6.82. The van der Waals surface area contributed by atoms with Crippen LogP contribution < -0.4 is 11.1 Å². The molecule has 0 fully saturated rings. The lowest BCUT2D eigenvalue weighted by Crippen LogP contribution is -2.30. The number of ether oxygens (including phenoxy) is 1. The molecule has 17 heavy (non-hydrogen) atoms. The molecule has 1 atom stereocenters. The highest BCUT2D eigenvalue weighted by atomic mass is 79.9. The molecule has 0 bridgehead atoms. The largest absolute Gasteiger partial charge is 0.398 e. The summed E-state index contributed by atoms with van der Waals surface area (Å²) < 4.78 is 5.64. The summed E-state index contributed by atoms with van der Waals surface area (Å²) >= 11 is 3.31. The van der Waals surface area contributed by atoms with Gasteiger partial charge in [-0.25, -0.2) is 0 Å². The maximum atomic E-state index is 11.9. The molecule has 0 aliphatic rings. The Kier molecular flexibility index (Phi) is 5.44. The number of methoxy groups -OCH3 is 1. The number of amides is 1. The van der Waals surface area contributed by atoms with Crippen LogP contribution in [0.15, 0.2) is 22.7 Å². The maximum absolute atomic E-state index is 11.9. The SMILES string of the molecule is COCC(C)CNC(=O)c1cccc(N)c1Br. The van der Waals surface area contributed by atoms with Gasteiger partial charge < -0.3 is 15.8 Å². The van der Waals surface area contributed by atoms with Crippen LogP contribution in [-0.2, 0) is 4.74 Å². The Hall–Kier alpha value is -1.07. The number of carbonyl (C=O) groups excluding carboxylic acids is 1. The highest BCUT2D eigenvalue weighted by Gasteiger charge is 2.12. The van der Waals surface area contributed by atoms with E-state index in [0.717, 1.165) is 0 Å². The van der Waals surface area contributed by atoms with Gasteiger partial charge in [0.15, 0.2) is 0 Å². The van der Waals surface area contributed by atoms with Crippen LogP contribution in [0, 0.1) is 5.92 Å². The summed E-state index contributed by atoms with van der Waals surface area (Å²) in [6.45, 7) is 3.21. The number of nitrogens with one attached hydrogen (secondary N) is 1. The van der Waals surface area contributed by atoms with E-state index < -0.39 is 0 Å². The Balaban J connectivity index is 2.61. The van der Waals surface area contributed by atoms with E-state index in [2.05, 4.69) is 21.2 Å². The molecule has 0 aliphatic heterocycles. The molecule has 5 heteroatoms. The topological polar surface area (TPSA) is 64.3 Å². The third kappa shape index (κ3) is 4.02. The summed E-state index contributed by atoms with van der Waals surface area (Å²) in [4.78, 5) is 11.9. The molecule has 0 heterocycles. The van der Waals surface area contributed by atoms with E-state index in [0.29, 0.717) is 28.9 Å². The lowest BCUT2D eigenvalue weighted by atomic mass is 10.1. The van der Waals surface area contributed by atoms with E-state index in [4.69, 9.17) is 10.5 Å². The Morgan fingerprint density at radius 2 is 2.29 bits per heavy atom. The standard InChI is InChI=1S/C12H17BrN2O2/c1-8(7-17-2)6-15-12(16)9-4-3-5-10(14)11(9)13/h3-5,8H,6-7,14H2,1-2H3,(H,15,16). The van der Waals surface area contributed by atoms with E-state index in [1.165, 1.54) is 0 Å². The first-order valence-corrected chi connectivity index (χ1v) is 6.16. The van der Waals surface area contributed by atoms with Gasteiger partial charge in [-0.1, -0.05) is 13.0 Å². The minimum atomic E-state index is -0.132. The zero-order valence-corrected chi connectivity index (χ0v) is 11.6. The van der Waals surface area contributed by atoms with E-state index in [9.17, 15) is 4.79 Å². The summed E-state index contributed by atoms with van der Waals surface area (Å²) in [5, 5.41) is 2.85. The second-order valence-corrected chi connectivity index (χ2v) is 4.77. The molecule has 0 spiro atoms. The van der Waals surface area contributed by atoms with Crippen molar-refractivity contribution in [2.24, 2.45) is 5.92 Å². The van der Waals surface area contributed by atoms with Gasteiger partial charge in [0.05, 0.1) is 16.6 Å². The molecule has 0 radical (unpaired) electrons. The van der Waals surface area contributed by atoms with Crippen LogP contribution in [0.5, 0.6) is 0 Å². The lowest BCUT2D eigenvalue weighted by molar-refractivity contribution is 0.0933. The molecule has 1 aromatic rings. The van der Waals surface area contributed by atoms with Crippen LogP contribution in [0.3, 0.4) is 0 Å². The predicted octanol–water partition coefficient (Wildman–Crippen LogP) is 2.04. The molecule has 94 valence electrons. The number of anilines is 1. The highest BCUT2D eigenvalue weighted by Crippen LogP contribution is 2.23. The zero-order chi connectivity index (χ0) is 12.8. The van der Waals surface area contributed by atoms with Crippen LogP contribution >= 0.6 is 15.9 Å². The van der Waals surface area contributed by atoms with Crippen LogP contribution in [0.1, 0.15) is 17.3 Å². The van der Waals surface area contributed by atoms with Crippen LogP contribution in [0.2, 0.25) is 0 Å². The van der Waals surface area contributed by atoms with Crippen molar-refractivity contribution in [3.8, 4) is 0 Å². The number of carbonyl (C=O) groups is 1. The number of halogens is 1. The van der Waals surface area contributed by atoms with Gasteiger partial charge in [-0.15, -0.1) is 0 Å². The molecule has 0 saturated carbocycles. The van der Waals surface area contributed by atoms with Gasteiger partial charge in [0.1, 0.15) is 0 Å². The fourth-order valence-electron chi connectivity index (χ4n) is 1.43. The van der Waals surface area contributed by atoms with Gasteiger partial charge in [0, 0.05) is 19.3 Å². The number of hydrogen-bond donors (Lipinski definition) is 2. The minimum absolute atomic E-state index is 0.132. The van der Waals surface area contributed by atoms with Crippen molar-refractivity contribution in [3.63, 3.8) is 0 Å². The zero-order valence-electron chi connectivity index (χ0n) is 10.00. The molecule has 0 saturated heterocycles. The van der Waals surface area contributed by atoms with Gasteiger partial charge in [-0.2, -0.15) is 0 Å². The Labute approximate surface area is 110 Å². The van der Waals surface area contributed by atoms with E-state index >= 15 is 0 Å². The third-order valence-corrected chi connectivity index (χ3v) is 3.22. The van der Waals surface area contributed by atoms with Crippen molar-refractivity contribution < 1.29 is 9.53 Å². The van der Waals surface area contributed by atoms with E-state index in [1.807, 2.05) is 6.92 Å². The van der Waals surface area contributed by atoms with Crippen LogP contribution in [0.25, 0.3) is 0 Å². The van der Waals surface area contributed by atoms with Gasteiger partial charge in [-0.05, 0) is 34.0 Å². The average molecular weight is 301 g/mol. The van der Waals surface area contributed by atoms with E-state index in [-0.39, 0.29) is 11.8 Å². The summed E-state index contributed by atoms with van der Waals surface area (Å²) in [7, 11) is 1.65. The molecular formula is C12H17BrN2O2. The summed E-state index contributed by atoms with van der Waals surface area (Å²) in [5.74, 6) is 0.149. The smallest absolute Gasteiger partial charge is 0.252 e. The Bertz CT molecular complexity index is 396. The second kappa shape index (κ2) is 6.61. The lowest BCUT2D eigenvalue weighted by Gasteiger charge is -2.12. The molecule has 4 nitrogen and oxygen atoms in total. The minimum Gasteiger partial charge on any atom is -0.398 e. The summed E-state index contributed by atoms with van der Waals surface area (Å²) in [6, 6.07) is 5.23. The van der Waals surface area contributed by atoms with Gasteiger partial charge >= 0.3 is 0 Å². The van der Waals surface area contributed by atoms with Crippen molar-refractivity contribution in [2.45, 2.75) is 6.92 Å². The molecule has 3 N–H and O–H groups in total. The second-order valence-electron chi connectivity index (χ2n) is 3.98. The molecule has 1 unspecified atom stereocenters. The molecule has 1 amide bonds. The number of hydrogen-bond acceptors (Lipinski definition) is 3. The first-order valence-electron chi connectivity index (χ1n) is 5.37. The number of nitrogen functional groups attached to an aromatic ring is 1. The Morgan fingerprint density at radius 1 is 1.59 bits per heavy atom. The van der Waals surface area contributed by atoms with Crippen molar-refractivity contribution in [1.29, 1.82) is 0 Å². The highest BCUT2D eigenvalue weighted by molar-refractivity contribution is 9.10. The van der Waals surface area contributed by atoms with Crippen LogP contribution in [0.4, 0.5) is 5.69 Å². The van der Waals surface area contributed by atoms with Crippen molar-refractivity contribution >= 4 is 27.5 Å². The third-order valence-electron chi connectivity index (χ3n) is 2.34. The average Bonchev–Trinajstić information content (AvgIpc) is 2.30. The molecular weight excluding hydrogens is 284 g/mol. The van der Waals surface area contributed by atoms with Gasteiger partial charge in [-0.3, -0.25) is 4.79 Å². The quantitative estimate of drug-likeness (QED) is 0.818. The number of rotatable bonds is 5. The molecule has 1 aromatic carbocycles. The first kappa shape index (κ1) is 14.0. The monoisotopic (exact) mass is 300 g/mol. The van der Waals surface area contributed by atoms with Gasteiger partial charge in [0.2, 0.25) is 0 Å². The molecule has 0 aromatic heterocycles. The number of nitrogens with two attached hydrogens (primary N) is 1. The summed E-state index contributed by atoms with van der Waals surface area (Å²) in [6.07, 6.45) is 0. The van der Waals surface area contributed by atoms with E-state index in [1.54, 1.807) is 25.3 Å². The normalized spacial score (nSPS) is 12.2. The first-order chi connectivity index (χ1) is 8.06. The van der Waals surface area contributed by atoms with Crippen molar-refractivity contribution in [3.05, 3.63) is 28.2 Å². The van der Waals surface area contributed by atoms with Crippen molar-refractivity contribution in [1.82, 2.24) is 5.32 Å². The number of benzene rings is 1. The van der Waals surface area contributed by atoms with Crippen molar-refractivity contribution in [2.75, 3.05) is 26.0 Å². The predicted molar refractivity (Wildman–Crippen MR) is 71.9 cm³/mol. The maximum Gasteiger partial charge on any atom is 0.252 e. The van der Waals surface area contributed by atoms with Gasteiger partial charge in [0.25, 0.3) is 5.91 Å². The fraction of sp³-hybridized carbons (Fsp3) is 0.417. The molecule has 0 aliphatic carbocycles. The Morgan fingerprint density at radius 3 is 2.94 bits per heavy atom. The van der Waals surface area contributed by atoms with Crippen LogP contribution in [-0.4, -0.2) is 26.2 Å². The molecule has 1 rings (SSSR count). The fourth-order valence-corrected chi connectivity index (χ4v) is 1.88.